The van der Waals surface area contributed by atoms with E-state index in [2.05, 4.69) is 10.5 Å². The highest BCUT2D eigenvalue weighted by atomic mass is 19.1. The minimum atomic E-state index is -0.273. The molecule has 2 rings (SSSR count). The Labute approximate surface area is 110 Å². The Morgan fingerprint density at radius 2 is 1.74 bits per heavy atom. The van der Waals surface area contributed by atoms with E-state index < -0.39 is 0 Å². The molecule has 0 unspecified atom stereocenters. The van der Waals surface area contributed by atoms with Crippen molar-refractivity contribution in [3.8, 4) is 0 Å². The minimum absolute atomic E-state index is 0.0290. The standard InChI is InChI=1S/C15H13FN2O/c1-11(19)13-4-8-15(9-5-13)18-17-10-12-2-6-14(16)7-3-12/h2-10,18H,1H3/b17-10-. The maximum Gasteiger partial charge on any atom is 0.159 e. The zero-order valence-corrected chi connectivity index (χ0v) is 10.4. The predicted molar refractivity (Wildman–Crippen MR) is 74.1 cm³/mol. The molecule has 19 heavy (non-hydrogen) atoms. The van der Waals surface area contributed by atoms with Gasteiger partial charge in [0.1, 0.15) is 5.82 Å². The molecule has 0 saturated heterocycles. The van der Waals surface area contributed by atoms with Gasteiger partial charge in [-0.05, 0) is 48.9 Å². The van der Waals surface area contributed by atoms with Crippen molar-refractivity contribution in [2.75, 3.05) is 5.43 Å². The lowest BCUT2D eigenvalue weighted by atomic mass is 10.1. The molecule has 0 amide bonds. The highest BCUT2D eigenvalue weighted by molar-refractivity contribution is 5.94. The Bertz CT molecular complexity index is 589. The van der Waals surface area contributed by atoms with Gasteiger partial charge in [0.2, 0.25) is 0 Å². The minimum Gasteiger partial charge on any atom is -0.295 e. The average Bonchev–Trinajstić information content (AvgIpc) is 2.41. The molecule has 0 aliphatic carbocycles. The molecule has 1 N–H and O–H groups in total. The van der Waals surface area contributed by atoms with Crippen LogP contribution in [0.15, 0.2) is 53.6 Å². The van der Waals surface area contributed by atoms with Gasteiger partial charge >= 0.3 is 0 Å². The normalized spacial score (nSPS) is 10.6. The van der Waals surface area contributed by atoms with Crippen LogP contribution in [0.3, 0.4) is 0 Å². The van der Waals surface area contributed by atoms with E-state index in [1.807, 2.05) is 0 Å². The predicted octanol–water partition coefficient (Wildman–Crippen LogP) is 3.47. The van der Waals surface area contributed by atoms with Crippen LogP contribution in [0.2, 0.25) is 0 Å². The zero-order chi connectivity index (χ0) is 13.7. The third kappa shape index (κ3) is 3.74. The molecule has 2 aromatic rings. The molecule has 2 aromatic carbocycles. The zero-order valence-electron chi connectivity index (χ0n) is 10.4. The van der Waals surface area contributed by atoms with E-state index in [0.29, 0.717) is 5.56 Å². The van der Waals surface area contributed by atoms with Crippen LogP contribution in [0.25, 0.3) is 0 Å². The molecular weight excluding hydrogens is 243 g/mol. The first kappa shape index (κ1) is 13.0. The highest BCUT2D eigenvalue weighted by Crippen LogP contribution is 2.10. The van der Waals surface area contributed by atoms with Crippen LogP contribution in [-0.2, 0) is 0 Å². The van der Waals surface area contributed by atoms with E-state index in [4.69, 9.17) is 0 Å². The lowest BCUT2D eigenvalue weighted by Gasteiger charge is -2.01. The monoisotopic (exact) mass is 256 g/mol. The SMILES string of the molecule is CC(=O)c1ccc(N/N=C\c2ccc(F)cc2)cc1. The Morgan fingerprint density at radius 3 is 2.32 bits per heavy atom. The van der Waals surface area contributed by atoms with Gasteiger partial charge in [-0.15, -0.1) is 0 Å². The van der Waals surface area contributed by atoms with E-state index >= 15 is 0 Å². The molecule has 0 spiro atoms. The van der Waals surface area contributed by atoms with Gasteiger partial charge in [-0.3, -0.25) is 10.2 Å². The average molecular weight is 256 g/mol. The van der Waals surface area contributed by atoms with Gasteiger partial charge in [-0.2, -0.15) is 5.10 Å². The van der Waals surface area contributed by atoms with Gasteiger partial charge < -0.3 is 0 Å². The summed E-state index contributed by atoms with van der Waals surface area (Å²) in [6.45, 7) is 1.52. The van der Waals surface area contributed by atoms with Crippen LogP contribution in [0.5, 0.6) is 0 Å². The largest absolute Gasteiger partial charge is 0.295 e. The number of anilines is 1. The number of Topliss-reactive ketones (excluding diaryl/α,β-unsaturated/α-hetero) is 1. The molecular formula is C15H13FN2O. The number of ketones is 1. The number of halogens is 1. The number of benzene rings is 2. The van der Waals surface area contributed by atoms with Crippen molar-refractivity contribution in [2.24, 2.45) is 5.10 Å². The second-order valence-electron chi connectivity index (χ2n) is 4.06. The number of hydrazone groups is 1. The molecule has 0 radical (unpaired) electrons. The molecule has 0 aromatic heterocycles. The Balaban J connectivity index is 1.98. The number of nitrogens with zero attached hydrogens (tertiary/aromatic N) is 1. The molecule has 0 aliphatic heterocycles. The summed E-state index contributed by atoms with van der Waals surface area (Å²) in [4.78, 5) is 11.1. The molecule has 0 saturated carbocycles. The maximum absolute atomic E-state index is 12.7. The Hall–Kier alpha value is -2.49. The summed E-state index contributed by atoms with van der Waals surface area (Å²) in [5.74, 6) is -0.244. The van der Waals surface area contributed by atoms with Crippen molar-refractivity contribution >= 4 is 17.7 Å². The second-order valence-corrected chi connectivity index (χ2v) is 4.06. The maximum atomic E-state index is 12.7. The molecule has 0 bridgehead atoms. The number of carbonyl (C=O) groups is 1. The first-order valence-electron chi connectivity index (χ1n) is 5.81. The number of hydrogen-bond donors (Lipinski definition) is 1. The van der Waals surface area contributed by atoms with Crippen molar-refractivity contribution in [1.29, 1.82) is 0 Å². The van der Waals surface area contributed by atoms with E-state index in [-0.39, 0.29) is 11.6 Å². The first-order chi connectivity index (χ1) is 9.15. The number of nitrogens with one attached hydrogen (secondary N) is 1. The van der Waals surface area contributed by atoms with Crippen molar-refractivity contribution in [3.63, 3.8) is 0 Å². The lowest BCUT2D eigenvalue weighted by molar-refractivity contribution is 0.101. The van der Waals surface area contributed by atoms with Crippen LogP contribution in [0.1, 0.15) is 22.8 Å². The summed E-state index contributed by atoms with van der Waals surface area (Å²) >= 11 is 0. The van der Waals surface area contributed by atoms with Gasteiger partial charge in [0, 0.05) is 5.56 Å². The van der Waals surface area contributed by atoms with Crippen LogP contribution < -0.4 is 5.43 Å². The Morgan fingerprint density at radius 1 is 1.11 bits per heavy atom. The van der Waals surface area contributed by atoms with Crippen LogP contribution in [0, 0.1) is 5.82 Å². The molecule has 0 atom stereocenters. The number of rotatable bonds is 4. The van der Waals surface area contributed by atoms with Gasteiger partial charge in [-0.25, -0.2) is 4.39 Å². The number of hydrogen-bond acceptors (Lipinski definition) is 3. The van der Waals surface area contributed by atoms with Crippen LogP contribution in [0.4, 0.5) is 10.1 Å². The molecule has 0 heterocycles. The van der Waals surface area contributed by atoms with E-state index in [1.165, 1.54) is 19.1 Å². The molecule has 4 heteroatoms. The molecule has 0 fully saturated rings. The van der Waals surface area contributed by atoms with Crippen molar-refractivity contribution in [2.45, 2.75) is 6.92 Å². The summed E-state index contributed by atoms with van der Waals surface area (Å²) in [6.07, 6.45) is 1.60. The van der Waals surface area contributed by atoms with Crippen molar-refractivity contribution < 1.29 is 9.18 Å². The van der Waals surface area contributed by atoms with Gasteiger partial charge in [0.25, 0.3) is 0 Å². The van der Waals surface area contributed by atoms with Gasteiger partial charge in [-0.1, -0.05) is 12.1 Å². The third-order valence-electron chi connectivity index (χ3n) is 2.57. The quantitative estimate of drug-likeness (QED) is 0.517. The van der Waals surface area contributed by atoms with Crippen molar-refractivity contribution in [3.05, 3.63) is 65.5 Å². The fourth-order valence-electron chi connectivity index (χ4n) is 1.51. The van der Waals surface area contributed by atoms with Gasteiger partial charge in [0.15, 0.2) is 5.78 Å². The van der Waals surface area contributed by atoms with Crippen molar-refractivity contribution in [1.82, 2.24) is 0 Å². The van der Waals surface area contributed by atoms with E-state index in [1.54, 1.807) is 42.6 Å². The third-order valence-corrected chi connectivity index (χ3v) is 2.57. The molecule has 0 aliphatic rings. The van der Waals surface area contributed by atoms with Crippen LogP contribution >= 0.6 is 0 Å². The second kappa shape index (κ2) is 5.91. The molecule has 3 nitrogen and oxygen atoms in total. The summed E-state index contributed by atoms with van der Waals surface area (Å²) in [5.41, 5.74) is 5.08. The summed E-state index contributed by atoms with van der Waals surface area (Å²) in [6, 6.07) is 13.1. The smallest absolute Gasteiger partial charge is 0.159 e. The fraction of sp³-hybridized carbons (Fsp3) is 0.0667. The first-order valence-corrected chi connectivity index (χ1v) is 5.81. The summed E-state index contributed by atoms with van der Waals surface area (Å²) < 4.78 is 12.7. The van der Waals surface area contributed by atoms with Crippen LogP contribution in [-0.4, -0.2) is 12.0 Å². The molecule has 96 valence electrons. The van der Waals surface area contributed by atoms with E-state index in [0.717, 1.165) is 11.3 Å². The van der Waals surface area contributed by atoms with Gasteiger partial charge in [0.05, 0.1) is 11.9 Å². The Kier molecular flexibility index (Phi) is 4.03. The summed E-state index contributed by atoms with van der Waals surface area (Å²) in [7, 11) is 0. The summed E-state index contributed by atoms with van der Waals surface area (Å²) in [5, 5.41) is 4.03. The topological polar surface area (TPSA) is 41.5 Å². The fourth-order valence-corrected chi connectivity index (χ4v) is 1.51. The van der Waals surface area contributed by atoms with E-state index in [9.17, 15) is 9.18 Å². The number of carbonyl (C=O) groups excluding carboxylic acids is 1. The highest BCUT2D eigenvalue weighted by Gasteiger charge is 1.97. The lowest BCUT2D eigenvalue weighted by Crippen LogP contribution is -1.94.